The summed E-state index contributed by atoms with van der Waals surface area (Å²) in [6.07, 6.45) is -3.81. The van der Waals surface area contributed by atoms with Gasteiger partial charge in [0.2, 0.25) is 0 Å². The molecule has 0 saturated heterocycles. The molecule has 9 heteroatoms. The molecule has 0 saturated carbocycles. The Balaban J connectivity index is 2.52. The van der Waals surface area contributed by atoms with E-state index in [4.69, 9.17) is 0 Å². The minimum Gasteiger partial charge on any atom is -0.464 e. The molecule has 0 spiro atoms. The number of aryl methyl sites for hydroxylation is 2. The molecule has 0 aliphatic carbocycles. The zero-order valence-electron chi connectivity index (χ0n) is 14.9. The van der Waals surface area contributed by atoms with Gasteiger partial charge >= 0.3 is 17.8 Å². The Morgan fingerprint density at radius 2 is 1.81 bits per heavy atom. The fraction of sp³-hybridized carbons (Fsp3) is 0.278. The average molecular weight is 382 g/mol. The largest absolute Gasteiger partial charge is 0.464 e. The second-order valence-electron chi connectivity index (χ2n) is 5.92. The first-order valence-corrected chi connectivity index (χ1v) is 7.90. The molecular weight excluding hydrogens is 363 g/mol. The average Bonchev–Trinajstić information content (AvgIpc) is 2.61. The van der Waals surface area contributed by atoms with E-state index in [0.717, 1.165) is 7.11 Å². The third-order valence-electron chi connectivity index (χ3n) is 3.88. The van der Waals surface area contributed by atoms with Gasteiger partial charge in [0.1, 0.15) is 0 Å². The summed E-state index contributed by atoms with van der Waals surface area (Å²) in [5.41, 5.74) is -2.42. The SMILES string of the molecule is COC(=O)[C@@](NC(=O)c1cccc(C)c1)(Nc1[nH+]cccc1C)C(F)(F)F. The summed E-state index contributed by atoms with van der Waals surface area (Å²) in [5.74, 6) is -2.88. The van der Waals surface area contributed by atoms with Crippen LogP contribution in [0.4, 0.5) is 19.0 Å². The van der Waals surface area contributed by atoms with Gasteiger partial charge in [0.05, 0.1) is 13.3 Å². The van der Waals surface area contributed by atoms with Crippen molar-refractivity contribution in [3.05, 3.63) is 59.3 Å². The highest BCUT2D eigenvalue weighted by atomic mass is 19.4. The van der Waals surface area contributed by atoms with E-state index in [9.17, 15) is 22.8 Å². The second-order valence-corrected chi connectivity index (χ2v) is 5.92. The number of H-pyrrole nitrogens is 1. The van der Waals surface area contributed by atoms with Crippen molar-refractivity contribution in [2.75, 3.05) is 12.4 Å². The van der Waals surface area contributed by atoms with Crippen LogP contribution < -0.4 is 15.6 Å². The van der Waals surface area contributed by atoms with Crippen molar-refractivity contribution in [3.8, 4) is 0 Å². The van der Waals surface area contributed by atoms with Gasteiger partial charge in [-0.3, -0.25) is 10.1 Å². The summed E-state index contributed by atoms with van der Waals surface area (Å²) in [6.45, 7) is 3.23. The van der Waals surface area contributed by atoms with E-state index < -0.39 is 23.7 Å². The lowest BCUT2D eigenvalue weighted by molar-refractivity contribution is -0.363. The third-order valence-corrected chi connectivity index (χ3v) is 3.88. The molecule has 1 heterocycles. The Bertz CT molecular complexity index is 855. The Kier molecular flexibility index (Phi) is 5.72. The summed E-state index contributed by atoms with van der Waals surface area (Å²) in [6, 6.07) is 9.10. The molecule has 1 aromatic heterocycles. The zero-order chi connectivity index (χ0) is 20.2. The first-order chi connectivity index (χ1) is 12.6. The van der Waals surface area contributed by atoms with E-state index in [2.05, 4.69) is 15.0 Å². The van der Waals surface area contributed by atoms with Crippen LogP contribution in [0.25, 0.3) is 0 Å². The quantitative estimate of drug-likeness (QED) is 0.615. The van der Waals surface area contributed by atoms with Crippen LogP contribution >= 0.6 is 0 Å². The topological polar surface area (TPSA) is 81.6 Å². The van der Waals surface area contributed by atoms with Crippen LogP contribution in [0, 0.1) is 13.8 Å². The maximum atomic E-state index is 14.0. The molecule has 1 amide bonds. The van der Waals surface area contributed by atoms with Gasteiger partial charge in [-0.1, -0.05) is 17.7 Å². The molecule has 6 nitrogen and oxygen atoms in total. The smallest absolute Gasteiger partial charge is 0.464 e. The molecule has 0 radical (unpaired) electrons. The molecule has 0 aliphatic rings. The van der Waals surface area contributed by atoms with E-state index in [-0.39, 0.29) is 11.4 Å². The zero-order valence-corrected chi connectivity index (χ0v) is 14.9. The first-order valence-electron chi connectivity index (χ1n) is 7.90. The third kappa shape index (κ3) is 4.18. The number of aromatic nitrogens is 1. The standard InChI is InChI=1S/C18H18F3N3O3/c1-11-6-4-8-13(10-11)15(25)24-17(16(26)27-3,18(19,20)21)23-14-12(2)7-5-9-22-14/h4-10H,1-3H3,(H,22,23)(H,24,25)/p+1/t17-/m0/s1. The normalized spacial score (nSPS) is 13.4. The Labute approximate surface area is 153 Å². The number of carbonyl (C=O) groups is 2. The monoisotopic (exact) mass is 382 g/mol. The number of pyridine rings is 1. The number of rotatable bonds is 5. The fourth-order valence-corrected chi connectivity index (χ4v) is 2.42. The van der Waals surface area contributed by atoms with Crippen LogP contribution in [0.5, 0.6) is 0 Å². The number of amides is 1. The first kappa shape index (κ1) is 20.2. The molecule has 3 N–H and O–H groups in total. The molecule has 0 unspecified atom stereocenters. The fourth-order valence-electron chi connectivity index (χ4n) is 2.42. The molecule has 27 heavy (non-hydrogen) atoms. The second kappa shape index (κ2) is 7.65. The Morgan fingerprint density at radius 1 is 1.11 bits per heavy atom. The molecule has 0 aliphatic heterocycles. The number of nitrogens with one attached hydrogen (secondary N) is 3. The van der Waals surface area contributed by atoms with E-state index >= 15 is 0 Å². The molecule has 0 fully saturated rings. The van der Waals surface area contributed by atoms with E-state index in [1.807, 2.05) is 0 Å². The van der Waals surface area contributed by atoms with Crippen molar-refractivity contribution in [1.29, 1.82) is 0 Å². The van der Waals surface area contributed by atoms with Gasteiger partial charge in [-0.15, -0.1) is 0 Å². The van der Waals surface area contributed by atoms with Crippen LogP contribution in [0.2, 0.25) is 0 Å². The van der Waals surface area contributed by atoms with Gasteiger partial charge < -0.3 is 4.74 Å². The van der Waals surface area contributed by atoms with Gasteiger partial charge in [-0.25, -0.2) is 15.1 Å². The Morgan fingerprint density at radius 3 is 2.37 bits per heavy atom. The Hall–Kier alpha value is -3.10. The van der Waals surface area contributed by atoms with E-state index in [1.165, 1.54) is 24.4 Å². The van der Waals surface area contributed by atoms with Crippen molar-refractivity contribution >= 4 is 17.7 Å². The molecular formula is C18H19F3N3O3+. The summed E-state index contributed by atoms with van der Waals surface area (Å²) in [7, 11) is 0.810. The highest BCUT2D eigenvalue weighted by molar-refractivity contribution is 5.99. The highest BCUT2D eigenvalue weighted by Crippen LogP contribution is 2.33. The van der Waals surface area contributed by atoms with Crippen LogP contribution in [0.1, 0.15) is 21.5 Å². The predicted octanol–water partition coefficient (Wildman–Crippen LogP) is 2.39. The van der Waals surface area contributed by atoms with Gasteiger partial charge in [-0.05, 0) is 38.1 Å². The number of methoxy groups -OCH3 is 1. The number of hydrogen-bond donors (Lipinski definition) is 2. The number of esters is 1. The van der Waals surface area contributed by atoms with Crippen molar-refractivity contribution < 1.29 is 32.5 Å². The molecule has 2 rings (SSSR count). The van der Waals surface area contributed by atoms with E-state index in [1.54, 1.807) is 37.4 Å². The van der Waals surface area contributed by atoms with Gasteiger partial charge in [-0.2, -0.15) is 13.2 Å². The number of aromatic amines is 1. The van der Waals surface area contributed by atoms with E-state index in [0.29, 0.717) is 11.1 Å². The minimum atomic E-state index is -5.20. The molecule has 144 valence electrons. The van der Waals surface area contributed by atoms with Gasteiger partial charge in [0.15, 0.2) is 0 Å². The van der Waals surface area contributed by atoms with Crippen molar-refractivity contribution in [1.82, 2.24) is 5.32 Å². The number of anilines is 1. The summed E-state index contributed by atoms with van der Waals surface area (Å²) in [4.78, 5) is 27.3. The number of ether oxygens (including phenoxy) is 1. The van der Waals surface area contributed by atoms with Gasteiger partial charge in [0.25, 0.3) is 11.7 Å². The number of carbonyl (C=O) groups excluding carboxylic acids is 2. The maximum absolute atomic E-state index is 14.0. The molecule has 0 bridgehead atoms. The molecule has 1 aromatic carbocycles. The lowest BCUT2D eigenvalue weighted by atomic mass is 10.1. The highest BCUT2D eigenvalue weighted by Gasteiger charge is 2.67. The summed E-state index contributed by atoms with van der Waals surface area (Å²) < 4.78 is 46.3. The van der Waals surface area contributed by atoms with Crippen molar-refractivity contribution in [2.24, 2.45) is 0 Å². The predicted molar refractivity (Wildman–Crippen MR) is 90.8 cm³/mol. The van der Waals surface area contributed by atoms with Crippen molar-refractivity contribution in [2.45, 2.75) is 25.7 Å². The van der Waals surface area contributed by atoms with Crippen LogP contribution in [0.3, 0.4) is 0 Å². The van der Waals surface area contributed by atoms with Gasteiger partial charge in [0, 0.05) is 11.1 Å². The summed E-state index contributed by atoms with van der Waals surface area (Å²) in [5, 5.41) is 3.85. The van der Waals surface area contributed by atoms with Crippen molar-refractivity contribution in [3.63, 3.8) is 0 Å². The summed E-state index contributed by atoms with van der Waals surface area (Å²) >= 11 is 0. The number of hydrogen-bond acceptors (Lipinski definition) is 4. The molecule has 2 aromatic rings. The maximum Gasteiger partial charge on any atom is 0.464 e. The number of halogens is 3. The minimum absolute atomic E-state index is 0.0249. The lowest BCUT2D eigenvalue weighted by Crippen LogP contribution is -2.69. The number of benzene rings is 1. The van der Waals surface area contributed by atoms with Crippen LogP contribution in [-0.4, -0.2) is 30.8 Å². The molecule has 1 atom stereocenters. The number of alkyl halides is 3. The van der Waals surface area contributed by atoms with Crippen LogP contribution in [0.15, 0.2) is 42.6 Å². The lowest BCUT2D eigenvalue weighted by Gasteiger charge is -2.30. The van der Waals surface area contributed by atoms with Crippen LogP contribution in [-0.2, 0) is 9.53 Å².